The van der Waals surface area contributed by atoms with E-state index in [0.29, 0.717) is 29.0 Å². The van der Waals surface area contributed by atoms with Crippen LogP contribution in [-0.2, 0) is 0 Å². The molecule has 1 aromatic rings. The molecule has 0 saturated heterocycles. The predicted molar refractivity (Wildman–Crippen MR) is 57.5 cm³/mol. The van der Waals surface area contributed by atoms with Crippen LogP contribution in [0.5, 0.6) is 0 Å². The van der Waals surface area contributed by atoms with E-state index in [0.717, 1.165) is 0 Å². The molecule has 0 aromatic heterocycles. The third-order valence-corrected chi connectivity index (χ3v) is 2.93. The van der Waals surface area contributed by atoms with Gasteiger partial charge in [0.25, 0.3) is 0 Å². The smallest absolute Gasteiger partial charge is 0.163 e. The van der Waals surface area contributed by atoms with Gasteiger partial charge in [0.05, 0.1) is 0 Å². The van der Waals surface area contributed by atoms with Crippen LogP contribution < -0.4 is 0 Å². The third kappa shape index (κ3) is 2.25. The standard InChI is InChI=1S/C13H15FO/c1-8-5-11(6-9(2)13(8)14)12(15)7-10-3-4-10/h5-6,10H,3-4,7H2,1-2H3. The summed E-state index contributed by atoms with van der Waals surface area (Å²) in [5.41, 5.74) is 1.79. The molecule has 2 heteroatoms. The van der Waals surface area contributed by atoms with Crippen LogP contribution in [0.4, 0.5) is 4.39 Å². The zero-order valence-corrected chi connectivity index (χ0v) is 9.14. The first-order valence-corrected chi connectivity index (χ1v) is 5.38. The summed E-state index contributed by atoms with van der Waals surface area (Å²) in [5, 5.41) is 0. The monoisotopic (exact) mass is 206 g/mol. The summed E-state index contributed by atoms with van der Waals surface area (Å²) in [4.78, 5) is 11.8. The SMILES string of the molecule is Cc1cc(C(=O)CC2CC2)cc(C)c1F. The minimum absolute atomic E-state index is 0.156. The van der Waals surface area contributed by atoms with E-state index >= 15 is 0 Å². The Labute approximate surface area is 89.3 Å². The van der Waals surface area contributed by atoms with Gasteiger partial charge in [-0.2, -0.15) is 0 Å². The molecule has 1 fully saturated rings. The van der Waals surface area contributed by atoms with Crippen LogP contribution in [-0.4, -0.2) is 5.78 Å². The maximum absolute atomic E-state index is 13.3. The van der Waals surface area contributed by atoms with Crippen LogP contribution in [0.25, 0.3) is 0 Å². The predicted octanol–water partition coefficient (Wildman–Crippen LogP) is 3.43. The summed E-state index contributed by atoms with van der Waals surface area (Å²) < 4.78 is 13.3. The van der Waals surface area contributed by atoms with Gasteiger partial charge in [-0.15, -0.1) is 0 Å². The maximum atomic E-state index is 13.3. The molecule has 0 atom stereocenters. The first-order chi connectivity index (χ1) is 7.08. The number of halogens is 1. The molecule has 0 radical (unpaired) electrons. The minimum atomic E-state index is -0.196. The molecule has 0 heterocycles. The van der Waals surface area contributed by atoms with Gasteiger partial charge in [0.2, 0.25) is 0 Å². The van der Waals surface area contributed by atoms with Crippen molar-refractivity contribution in [3.05, 3.63) is 34.6 Å². The number of rotatable bonds is 3. The number of hydrogen-bond donors (Lipinski definition) is 0. The zero-order valence-electron chi connectivity index (χ0n) is 9.14. The Bertz CT molecular complexity index is 382. The molecule has 1 aliphatic rings. The molecule has 1 saturated carbocycles. The van der Waals surface area contributed by atoms with Crippen molar-refractivity contribution in [3.63, 3.8) is 0 Å². The topological polar surface area (TPSA) is 17.1 Å². The summed E-state index contributed by atoms with van der Waals surface area (Å²) in [5.74, 6) is 0.546. The van der Waals surface area contributed by atoms with Crippen LogP contribution in [0, 0.1) is 25.6 Å². The molecule has 15 heavy (non-hydrogen) atoms. The van der Waals surface area contributed by atoms with Crippen molar-refractivity contribution in [2.45, 2.75) is 33.1 Å². The number of benzene rings is 1. The van der Waals surface area contributed by atoms with Gasteiger partial charge in [-0.3, -0.25) is 4.79 Å². The van der Waals surface area contributed by atoms with Crippen LogP contribution in [0.15, 0.2) is 12.1 Å². The fraction of sp³-hybridized carbons (Fsp3) is 0.462. The molecular formula is C13H15FO. The Morgan fingerprint density at radius 3 is 2.33 bits per heavy atom. The molecule has 1 aromatic carbocycles. The van der Waals surface area contributed by atoms with Gasteiger partial charge in [0.15, 0.2) is 5.78 Å². The van der Waals surface area contributed by atoms with Crippen molar-refractivity contribution in [2.24, 2.45) is 5.92 Å². The van der Waals surface area contributed by atoms with Crippen molar-refractivity contribution in [1.82, 2.24) is 0 Å². The largest absolute Gasteiger partial charge is 0.294 e. The molecule has 1 nitrogen and oxygen atoms in total. The Balaban J connectivity index is 2.23. The fourth-order valence-electron chi connectivity index (χ4n) is 1.81. The Morgan fingerprint density at radius 1 is 1.33 bits per heavy atom. The molecule has 0 aliphatic heterocycles. The molecule has 0 bridgehead atoms. The molecular weight excluding hydrogens is 191 g/mol. The molecule has 1 aliphatic carbocycles. The summed E-state index contributed by atoms with van der Waals surface area (Å²) in [6.07, 6.45) is 2.97. The van der Waals surface area contributed by atoms with E-state index in [1.54, 1.807) is 26.0 Å². The van der Waals surface area contributed by atoms with E-state index in [1.165, 1.54) is 12.8 Å². The van der Waals surface area contributed by atoms with Gasteiger partial charge >= 0.3 is 0 Å². The summed E-state index contributed by atoms with van der Waals surface area (Å²) >= 11 is 0. The highest BCUT2D eigenvalue weighted by molar-refractivity contribution is 5.96. The normalized spacial score (nSPS) is 15.4. The van der Waals surface area contributed by atoms with Gasteiger partial charge in [0, 0.05) is 12.0 Å². The van der Waals surface area contributed by atoms with Gasteiger partial charge in [-0.05, 0) is 55.9 Å². The fourth-order valence-corrected chi connectivity index (χ4v) is 1.81. The van der Waals surface area contributed by atoms with Crippen molar-refractivity contribution < 1.29 is 9.18 Å². The number of Topliss-reactive ketones (excluding diaryl/α,β-unsaturated/α-hetero) is 1. The maximum Gasteiger partial charge on any atom is 0.163 e. The lowest BCUT2D eigenvalue weighted by Crippen LogP contribution is -2.02. The van der Waals surface area contributed by atoms with E-state index < -0.39 is 0 Å². The van der Waals surface area contributed by atoms with Crippen LogP contribution in [0.2, 0.25) is 0 Å². The van der Waals surface area contributed by atoms with Crippen LogP contribution >= 0.6 is 0 Å². The molecule has 80 valence electrons. The summed E-state index contributed by atoms with van der Waals surface area (Å²) in [6, 6.07) is 3.32. The lowest BCUT2D eigenvalue weighted by molar-refractivity contribution is 0.0976. The van der Waals surface area contributed by atoms with Crippen LogP contribution in [0.1, 0.15) is 40.7 Å². The Kier molecular flexibility index (Phi) is 2.59. The van der Waals surface area contributed by atoms with E-state index in [-0.39, 0.29) is 11.6 Å². The zero-order chi connectivity index (χ0) is 11.0. The number of ketones is 1. The van der Waals surface area contributed by atoms with Gasteiger partial charge < -0.3 is 0 Å². The Hall–Kier alpha value is -1.18. The lowest BCUT2D eigenvalue weighted by atomic mass is 10.0. The summed E-state index contributed by atoms with van der Waals surface area (Å²) in [6.45, 7) is 3.41. The second-order valence-corrected chi connectivity index (χ2v) is 4.49. The number of carbonyl (C=O) groups excluding carboxylic acids is 1. The van der Waals surface area contributed by atoms with Gasteiger partial charge in [0.1, 0.15) is 5.82 Å². The number of carbonyl (C=O) groups is 1. The molecule has 2 rings (SSSR count). The average molecular weight is 206 g/mol. The number of hydrogen-bond acceptors (Lipinski definition) is 1. The highest BCUT2D eigenvalue weighted by Crippen LogP contribution is 2.33. The van der Waals surface area contributed by atoms with Crippen molar-refractivity contribution in [1.29, 1.82) is 0 Å². The highest BCUT2D eigenvalue weighted by Gasteiger charge is 2.25. The van der Waals surface area contributed by atoms with Crippen LogP contribution in [0.3, 0.4) is 0 Å². The molecule has 0 unspecified atom stereocenters. The van der Waals surface area contributed by atoms with Gasteiger partial charge in [-0.25, -0.2) is 4.39 Å². The average Bonchev–Trinajstić information content (AvgIpc) is 2.97. The van der Waals surface area contributed by atoms with E-state index in [2.05, 4.69) is 0 Å². The van der Waals surface area contributed by atoms with Crippen molar-refractivity contribution in [2.75, 3.05) is 0 Å². The highest BCUT2D eigenvalue weighted by atomic mass is 19.1. The number of aryl methyl sites for hydroxylation is 2. The van der Waals surface area contributed by atoms with Crippen molar-refractivity contribution >= 4 is 5.78 Å². The first-order valence-electron chi connectivity index (χ1n) is 5.38. The third-order valence-electron chi connectivity index (χ3n) is 2.93. The van der Waals surface area contributed by atoms with E-state index in [1.807, 2.05) is 0 Å². The lowest BCUT2D eigenvalue weighted by Gasteiger charge is -2.05. The van der Waals surface area contributed by atoms with E-state index in [9.17, 15) is 9.18 Å². The van der Waals surface area contributed by atoms with Gasteiger partial charge in [-0.1, -0.05) is 0 Å². The molecule has 0 spiro atoms. The van der Waals surface area contributed by atoms with Crippen molar-refractivity contribution in [3.8, 4) is 0 Å². The first kappa shape index (κ1) is 10.3. The molecule has 0 amide bonds. The second-order valence-electron chi connectivity index (χ2n) is 4.49. The molecule has 0 N–H and O–H groups in total. The van der Waals surface area contributed by atoms with E-state index in [4.69, 9.17) is 0 Å². The second kappa shape index (κ2) is 3.76. The minimum Gasteiger partial charge on any atom is -0.294 e. The Morgan fingerprint density at radius 2 is 1.87 bits per heavy atom. The summed E-state index contributed by atoms with van der Waals surface area (Å²) in [7, 11) is 0. The quantitative estimate of drug-likeness (QED) is 0.692.